The predicted octanol–water partition coefficient (Wildman–Crippen LogP) is 0.303. The summed E-state index contributed by atoms with van der Waals surface area (Å²) in [6.07, 6.45) is 0.788. The van der Waals surface area contributed by atoms with E-state index >= 15 is 0 Å². The first-order chi connectivity index (χ1) is 9.79. The van der Waals surface area contributed by atoms with Crippen molar-refractivity contribution in [1.82, 2.24) is 24.1 Å². The Morgan fingerprint density at radius 3 is 2.52 bits per heavy atom. The molecule has 0 saturated heterocycles. The molecule has 8 heteroatoms. The molecule has 21 heavy (non-hydrogen) atoms. The van der Waals surface area contributed by atoms with E-state index in [0.717, 1.165) is 36.5 Å². The van der Waals surface area contributed by atoms with Gasteiger partial charge in [0.1, 0.15) is 0 Å². The van der Waals surface area contributed by atoms with Crippen LogP contribution in [-0.2, 0) is 23.8 Å². The summed E-state index contributed by atoms with van der Waals surface area (Å²) in [5.74, 6) is 0. The van der Waals surface area contributed by atoms with Gasteiger partial charge in [-0.15, -0.1) is 0 Å². The fourth-order valence-corrected chi connectivity index (χ4v) is 2.99. The Hall–Kier alpha value is -0.960. The number of nitrogens with one attached hydrogen (secondary N) is 2. The summed E-state index contributed by atoms with van der Waals surface area (Å²) in [7, 11) is -0.00257. The van der Waals surface area contributed by atoms with Crippen LogP contribution in [0.15, 0.2) is 0 Å². The van der Waals surface area contributed by atoms with E-state index in [1.54, 1.807) is 11.7 Å². The number of rotatable bonds is 9. The molecule has 1 aromatic rings. The van der Waals surface area contributed by atoms with Crippen LogP contribution in [0.1, 0.15) is 30.3 Å². The fourth-order valence-electron chi connectivity index (χ4n) is 2.07. The molecular formula is C13H27N5O2S. The van der Waals surface area contributed by atoms with Gasteiger partial charge in [-0.1, -0.05) is 6.92 Å². The van der Waals surface area contributed by atoms with Crippen molar-refractivity contribution in [3.05, 3.63) is 17.0 Å². The quantitative estimate of drug-likeness (QED) is 0.642. The summed E-state index contributed by atoms with van der Waals surface area (Å²) in [4.78, 5) is 0. The standard InChI is InChI=1S/C13H27N5O2S/c1-6-14-8-7-9-17(4)21(19,20)15-10-13-11(2)16-18(5)12(13)3/h14-15H,6-10H2,1-5H3. The minimum atomic E-state index is -3.45. The number of aromatic nitrogens is 2. The van der Waals surface area contributed by atoms with E-state index in [1.165, 1.54) is 4.31 Å². The van der Waals surface area contributed by atoms with Crippen LogP contribution in [0, 0.1) is 13.8 Å². The Morgan fingerprint density at radius 1 is 1.33 bits per heavy atom. The molecule has 0 spiro atoms. The molecule has 122 valence electrons. The van der Waals surface area contributed by atoms with E-state index in [1.807, 2.05) is 27.8 Å². The third-order valence-electron chi connectivity index (χ3n) is 3.58. The predicted molar refractivity (Wildman–Crippen MR) is 84.2 cm³/mol. The molecule has 1 rings (SSSR count). The average molecular weight is 317 g/mol. The molecule has 0 saturated carbocycles. The zero-order chi connectivity index (χ0) is 16.0. The normalized spacial score (nSPS) is 12.3. The van der Waals surface area contributed by atoms with Crippen molar-refractivity contribution in [2.75, 3.05) is 26.7 Å². The Kier molecular flexibility index (Phi) is 6.79. The third kappa shape index (κ3) is 5.06. The lowest BCUT2D eigenvalue weighted by Crippen LogP contribution is -2.39. The highest BCUT2D eigenvalue weighted by Gasteiger charge is 2.18. The van der Waals surface area contributed by atoms with E-state index < -0.39 is 10.2 Å². The van der Waals surface area contributed by atoms with E-state index in [4.69, 9.17) is 0 Å². The van der Waals surface area contributed by atoms with E-state index in [0.29, 0.717) is 6.54 Å². The largest absolute Gasteiger partial charge is 0.317 e. The summed E-state index contributed by atoms with van der Waals surface area (Å²) in [5, 5.41) is 7.46. The SMILES string of the molecule is CCNCCCN(C)S(=O)(=O)NCc1c(C)nn(C)c1C. The van der Waals surface area contributed by atoms with Crippen molar-refractivity contribution >= 4 is 10.2 Å². The number of nitrogens with zero attached hydrogens (tertiary/aromatic N) is 3. The van der Waals surface area contributed by atoms with E-state index in [-0.39, 0.29) is 6.54 Å². The number of hydrogen-bond acceptors (Lipinski definition) is 4. The Balaban J connectivity index is 2.56. The first kappa shape index (κ1) is 18.1. The molecule has 0 bridgehead atoms. The van der Waals surface area contributed by atoms with Gasteiger partial charge in [0.25, 0.3) is 10.2 Å². The van der Waals surface area contributed by atoms with E-state index in [2.05, 4.69) is 15.1 Å². The van der Waals surface area contributed by atoms with Crippen molar-refractivity contribution in [3.63, 3.8) is 0 Å². The highest BCUT2D eigenvalue weighted by molar-refractivity contribution is 7.87. The Morgan fingerprint density at radius 2 is 2.00 bits per heavy atom. The maximum absolute atomic E-state index is 12.2. The van der Waals surface area contributed by atoms with Gasteiger partial charge in [0.2, 0.25) is 0 Å². The molecule has 0 fully saturated rings. The van der Waals surface area contributed by atoms with Crippen LogP contribution < -0.4 is 10.0 Å². The Bertz CT molecular complexity index is 553. The number of aryl methyl sites for hydroxylation is 2. The molecular weight excluding hydrogens is 290 g/mol. The monoisotopic (exact) mass is 317 g/mol. The smallest absolute Gasteiger partial charge is 0.279 e. The van der Waals surface area contributed by atoms with Gasteiger partial charge in [0.05, 0.1) is 5.69 Å². The van der Waals surface area contributed by atoms with Crippen LogP contribution in [0.2, 0.25) is 0 Å². The molecule has 0 aliphatic rings. The molecule has 2 N–H and O–H groups in total. The highest BCUT2D eigenvalue weighted by Crippen LogP contribution is 2.12. The number of hydrogen-bond donors (Lipinski definition) is 2. The van der Waals surface area contributed by atoms with Crippen LogP contribution in [0.3, 0.4) is 0 Å². The zero-order valence-corrected chi connectivity index (χ0v) is 14.4. The summed E-state index contributed by atoms with van der Waals surface area (Å²) >= 11 is 0. The van der Waals surface area contributed by atoms with Gasteiger partial charge < -0.3 is 5.32 Å². The maximum atomic E-state index is 12.2. The minimum absolute atomic E-state index is 0.269. The highest BCUT2D eigenvalue weighted by atomic mass is 32.2. The second kappa shape index (κ2) is 7.88. The van der Waals surface area contributed by atoms with Crippen LogP contribution in [-0.4, -0.2) is 49.2 Å². The van der Waals surface area contributed by atoms with Crippen LogP contribution >= 0.6 is 0 Å². The average Bonchev–Trinajstić information content (AvgIpc) is 2.66. The molecule has 1 heterocycles. The maximum Gasteiger partial charge on any atom is 0.279 e. The molecule has 7 nitrogen and oxygen atoms in total. The summed E-state index contributed by atoms with van der Waals surface area (Å²) in [6, 6.07) is 0. The van der Waals surface area contributed by atoms with Crippen molar-refractivity contribution in [1.29, 1.82) is 0 Å². The first-order valence-electron chi connectivity index (χ1n) is 7.20. The van der Waals surface area contributed by atoms with Gasteiger partial charge in [-0.25, -0.2) is 0 Å². The molecule has 0 aliphatic heterocycles. The molecule has 0 radical (unpaired) electrons. The van der Waals surface area contributed by atoms with Gasteiger partial charge in [-0.3, -0.25) is 4.68 Å². The van der Waals surface area contributed by atoms with Gasteiger partial charge >= 0.3 is 0 Å². The molecule has 0 amide bonds. The zero-order valence-electron chi connectivity index (χ0n) is 13.6. The first-order valence-corrected chi connectivity index (χ1v) is 8.64. The van der Waals surface area contributed by atoms with Crippen molar-refractivity contribution < 1.29 is 8.42 Å². The lowest BCUT2D eigenvalue weighted by atomic mass is 10.2. The topological polar surface area (TPSA) is 79.3 Å². The van der Waals surface area contributed by atoms with Gasteiger partial charge in [0, 0.05) is 38.4 Å². The van der Waals surface area contributed by atoms with E-state index in [9.17, 15) is 8.42 Å². The summed E-state index contributed by atoms with van der Waals surface area (Å²) < 4.78 is 30.1. The summed E-state index contributed by atoms with van der Waals surface area (Å²) in [5.41, 5.74) is 2.76. The van der Waals surface area contributed by atoms with Gasteiger partial charge in [0.15, 0.2) is 0 Å². The lowest BCUT2D eigenvalue weighted by Gasteiger charge is -2.17. The summed E-state index contributed by atoms with van der Waals surface area (Å²) in [6.45, 7) is 8.32. The van der Waals surface area contributed by atoms with Crippen molar-refractivity contribution in [3.8, 4) is 0 Å². The van der Waals surface area contributed by atoms with Crippen LogP contribution in [0.4, 0.5) is 0 Å². The fraction of sp³-hybridized carbons (Fsp3) is 0.769. The third-order valence-corrected chi connectivity index (χ3v) is 5.09. The van der Waals surface area contributed by atoms with Crippen LogP contribution in [0.25, 0.3) is 0 Å². The van der Waals surface area contributed by atoms with Crippen molar-refractivity contribution in [2.45, 2.75) is 33.7 Å². The molecule has 0 aromatic carbocycles. The second-order valence-corrected chi connectivity index (χ2v) is 6.99. The Labute approximate surface area is 127 Å². The molecule has 1 aromatic heterocycles. The van der Waals surface area contributed by atoms with Gasteiger partial charge in [-0.2, -0.15) is 22.5 Å². The second-order valence-electron chi connectivity index (χ2n) is 5.13. The van der Waals surface area contributed by atoms with Crippen LogP contribution in [0.5, 0.6) is 0 Å². The molecule has 0 unspecified atom stereocenters. The molecule has 0 aliphatic carbocycles. The molecule has 0 atom stereocenters. The van der Waals surface area contributed by atoms with Gasteiger partial charge in [-0.05, 0) is 33.4 Å². The van der Waals surface area contributed by atoms with Crippen molar-refractivity contribution in [2.24, 2.45) is 7.05 Å². The minimum Gasteiger partial charge on any atom is -0.317 e. The lowest BCUT2D eigenvalue weighted by molar-refractivity contribution is 0.445.